The molecule has 0 aliphatic carbocycles. The number of carbonyl (C=O) groups excluding carboxylic acids is 1. The van der Waals surface area contributed by atoms with Gasteiger partial charge < -0.3 is 8.75 Å². The van der Waals surface area contributed by atoms with Gasteiger partial charge in [-0.05, 0) is 12.1 Å². The van der Waals surface area contributed by atoms with E-state index in [9.17, 15) is 4.79 Å². The molecule has 1 aromatic carbocycles. The van der Waals surface area contributed by atoms with Crippen LogP contribution in [0, 0.1) is 0 Å². The molecule has 0 fully saturated rings. The van der Waals surface area contributed by atoms with Crippen LogP contribution in [0.1, 0.15) is 6.92 Å². The Balaban J connectivity index is 2.36. The molecule has 0 amide bonds. The fourth-order valence-corrected chi connectivity index (χ4v) is 1.83. The maximum absolute atomic E-state index is 10.7. The van der Waals surface area contributed by atoms with E-state index in [2.05, 4.69) is 4.98 Å². The van der Waals surface area contributed by atoms with Crippen molar-refractivity contribution in [2.45, 2.75) is 12.1 Å². The van der Waals surface area contributed by atoms with Crippen molar-refractivity contribution in [1.82, 2.24) is 9.55 Å². The van der Waals surface area contributed by atoms with E-state index in [1.807, 2.05) is 35.9 Å². The molecule has 0 aliphatic rings. The quantitative estimate of drug-likeness (QED) is 0.730. The summed E-state index contributed by atoms with van der Waals surface area (Å²) in [4.78, 5) is 15.0. The highest BCUT2D eigenvalue weighted by atomic mass is 32.2. The van der Waals surface area contributed by atoms with E-state index in [0.717, 1.165) is 23.1 Å². The summed E-state index contributed by atoms with van der Waals surface area (Å²) in [6, 6.07) is 7.77. The zero-order chi connectivity index (χ0) is 10.8. The number of hydrogen-bond acceptors (Lipinski definition) is 4. The lowest BCUT2D eigenvalue weighted by Gasteiger charge is -1.99. The molecule has 0 radical (unpaired) electrons. The Bertz CT molecular complexity index is 507. The van der Waals surface area contributed by atoms with Gasteiger partial charge >= 0.3 is 5.97 Å². The van der Waals surface area contributed by atoms with Crippen molar-refractivity contribution in [3.05, 3.63) is 24.3 Å². The maximum atomic E-state index is 10.7. The van der Waals surface area contributed by atoms with Crippen LogP contribution in [0.4, 0.5) is 0 Å². The molecule has 0 saturated carbocycles. The second kappa shape index (κ2) is 3.94. The average molecular weight is 222 g/mol. The van der Waals surface area contributed by atoms with Gasteiger partial charge in [-0.25, -0.2) is 4.98 Å². The molecule has 0 spiro atoms. The van der Waals surface area contributed by atoms with E-state index in [0.29, 0.717) is 5.16 Å². The highest BCUT2D eigenvalue weighted by Crippen LogP contribution is 2.23. The van der Waals surface area contributed by atoms with Crippen molar-refractivity contribution in [1.29, 1.82) is 0 Å². The molecular formula is C10H10N2O2S. The van der Waals surface area contributed by atoms with Crippen LogP contribution in [0.15, 0.2) is 29.4 Å². The number of imidazole rings is 1. The average Bonchev–Trinajstić information content (AvgIpc) is 2.54. The molecule has 0 saturated heterocycles. The summed E-state index contributed by atoms with van der Waals surface area (Å²) >= 11 is 0.983. The van der Waals surface area contributed by atoms with Crippen molar-refractivity contribution in [3.8, 4) is 0 Å². The number of rotatable bonds is 2. The molecule has 0 aliphatic heterocycles. The van der Waals surface area contributed by atoms with Crippen LogP contribution in [-0.2, 0) is 16.0 Å². The highest BCUT2D eigenvalue weighted by molar-refractivity contribution is 7.94. The van der Waals surface area contributed by atoms with Crippen LogP contribution in [0.2, 0.25) is 0 Å². The van der Waals surface area contributed by atoms with Crippen molar-refractivity contribution >= 4 is 29.0 Å². The van der Waals surface area contributed by atoms with Gasteiger partial charge in [0.2, 0.25) is 5.16 Å². The number of aromatic nitrogens is 2. The van der Waals surface area contributed by atoms with Gasteiger partial charge in [0, 0.05) is 14.0 Å². The second-order valence-corrected chi connectivity index (χ2v) is 3.80. The van der Waals surface area contributed by atoms with Crippen molar-refractivity contribution < 1.29 is 8.98 Å². The summed E-state index contributed by atoms with van der Waals surface area (Å²) in [5.74, 6) is -0.327. The molecule has 4 nitrogen and oxygen atoms in total. The van der Waals surface area contributed by atoms with Crippen LogP contribution >= 0.6 is 12.0 Å². The van der Waals surface area contributed by atoms with E-state index >= 15 is 0 Å². The van der Waals surface area contributed by atoms with Gasteiger partial charge in [0.25, 0.3) is 0 Å². The summed E-state index contributed by atoms with van der Waals surface area (Å²) in [5.41, 5.74) is 1.92. The minimum atomic E-state index is -0.327. The molecule has 15 heavy (non-hydrogen) atoms. The third-order valence-corrected chi connectivity index (χ3v) is 2.81. The Kier molecular flexibility index (Phi) is 2.64. The van der Waals surface area contributed by atoms with Crippen LogP contribution in [-0.4, -0.2) is 15.5 Å². The molecule has 78 valence electrons. The summed E-state index contributed by atoms with van der Waals surface area (Å²) in [7, 11) is 1.89. The Morgan fingerprint density at radius 2 is 2.20 bits per heavy atom. The molecule has 1 aromatic heterocycles. The first-order valence-electron chi connectivity index (χ1n) is 4.45. The lowest BCUT2D eigenvalue weighted by molar-refractivity contribution is -0.130. The molecular weight excluding hydrogens is 212 g/mol. The standard InChI is InChI=1S/C10H10N2O2S/c1-7(13)14-15-10-11-8-5-3-4-6-9(8)12(10)2/h3-6H,1-2H3. The molecule has 2 rings (SSSR count). The van der Waals surface area contributed by atoms with Gasteiger partial charge in [0.15, 0.2) is 0 Å². The third kappa shape index (κ3) is 1.97. The van der Waals surface area contributed by atoms with Crippen molar-refractivity contribution in [2.75, 3.05) is 0 Å². The summed E-state index contributed by atoms with van der Waals surface area (Å²) in [6.45, 7) is 1.37. The SMILES string of the molecule is CC(=O)OSc1nc2ccccc2n1C. The van der Waals surface area contributed by atoms with Gasteiger partial charge in [-0.2, -0.15) is 0 Å². The van der Waals surface area contributed by atoms with Crippen LogP contribution in [0.25, 0.3) is 11.0 Å². The minimum Gasteiger partial charge on any atom is -0.383 e. The third-order valence-electron chi connectivity index (χ3n) is 1.98. The normalized spacial score (nSPS) is 10.5. The Morgan fingerprint density at radius 1 is 1.47 bits per heavy atom. The zero-order valence-corrected chi connectivity index (χ0v) is 9.25. The molecule has 0 N–H and O–H groups in total. The molecule has 5 heteroatoms. The predicted molar refractivity (Wildman–Crippen MR) is 58.3 cm³/mol. The van der Waals surface area contributed by atoms with Crippen LogP contribution < -0.4 is 0 Å². The Labute approximate surface area is 91.5 Å². The number of para-hydroxylation sites is 2. The fourth-order valence-electron chi connectivity index (χ4n) is 1.29. The van der Waals surface area contributed by atoms with Gasteiger partial charge in [0.05, 0.1) is 11.0 Å². The fraction of sp³-hybridized carbons (Fsp3) is 0.200. The topological polar surface area (TPSA) is 44.1 Å². The molecule has 0 unspecified atom stereocenters. The predicted octanol–water partition coefficient (Wildman–Crippen LogP) is 2.14. The lowest BCUT2D eigenvalue weighted by Crippen LogP contribution is -1.94. The monoisotopic (exact) mass is 222 g/mol. The largest absolute Gasteiger partial charge is 0.383 e. The van der Waals surface area contributed by atoms with Gasteiger partial charge in [-0.1, -0.05) is 12.1 Å². The Hall–Kier alpha value is -1.49. The zero-order valence-electron chi connectivity index (χ0n) is 8.43. The molecule has 1 heterocycles. The number of carbonyl (C=O) groups is 1. The number of hydrogen-bond donors (Lipinski definition) is 0. The number of aryl methyl sites for hydroxylation is 1. The molecule has 2 aromatic rings. The van der Waals surface area contributed by atoms with Crippen LogP contribution in [0.5, 0.6) is 0 Å². The maximum Gasteiger partial charge on any atom is 0.315 e. The smallest absolute Gasteiger partial charge is 0.315 e. The first-order chi connectivity index (χ1) is 7.18. The van der Waals surface area contributed by atoms with Crippen molar-refractivity contribution in [2.24, 2.45) is 7.05 Å². The summed E-state index contributed by atoms with van der Waals surface area (Å²) in [6.07, 6.45) is 0. The molecule has 0 bridgehead atoms. The second-order valence-electron chi connectivity index (χ2n) is 3.10. The van der Waals surface area contributed by atoms with Gasteiger partial charge in [-0.3, -0.25) is 4.79 Å². The van der Waals surface area contributed by atoms with Gasteiger partial charge in [0.1, 0.15) is 12.0 Å². The van der Waals surface area contributed by atoms with E-state index in [1.54, 1.807) is 0 Å². The van der Waals surface area contributed by atoms with E-state index in [4.69, 9.17) is 4.18 Å². The van der Waals surface area contributed by atoms with Crippen molar-refractivity contribution in [3.63, 3.8) is 0 Å². The van der Waals surface area contributed by atoms with E-state index in [-0.39, 0.29) is 5.97 Å². The summed E-state index contributed by atoms with van der Waals surface area (Å²) < 4.78 is 6.72. The van der Waals surface area contributed by atoms with E-state index in [1.165, 1.54) is 6.92 Å². The van der Waals surface area contributed by atoms with E-state index < -0.39 is 0 Å². The molecule has 0 atom stereocenters. The first kappa shape index (κ1) is 10.0. The number of nitrogens with zero attached hydrogens (tertiary/aromatic N) is 2. The van der Waals surface area contributed by atoms with Crippen LogP contribution in [0.3, 0.4) is 0 Å². The summed E-state index contributed by atoms with van der Waals surface area (Å²) in [5, 5.41) is 0.673. The first-order valence-corrected chi connectivity index (χ1v) is 5.19. The number of fused-ring (bicyclic) bond motifs is 1. The lowest BCUT2D eigenvalue weighted by atomic mass is 10.3. The number of benzene rings is 1. The Morgan fingerprint density at radius 3 is 2.87 bits per heavy atom. The minimum absolute atomic E-state index is 0.327. The highest BCUT2D eigenvalue weighted by Gasteiger charge is 2.09. The van der Waals surface area contributed by atoms with Gasteiger partial charge in [-0.15, -0.1) is 0 Å².